The molecular weight excluding hydrogens is 226 g/mol. The quantitative estimate of drug-likeness (QED) is 0.660. The van der Waals surface area contributed by atoms with Gasteiger partial charge in [-0.2, -0.15) is 0 Å². The Kier molecular flexibility index (Phi) is 2.27. The highest BCUT2D eigenvalue weighted by atomic mass is 16.4. The fourth-order valence-electron chi connectivity index (χ4n) is 2.23. The molecule has 0 saturated heterocycles. The number of aromatic carboxylic acids is 1. The molecule has 0 radical (unpaired) electrons. The van der Waals surface area contributed by atoms with Crippen molar-refractivity contribution >= 4 is 27.6 Å². The van der Waals surface area contributed by atoms with Crippen LogP contribution in [0.4, 0.5) is 0 Å². The number of carboxylic acid groups (broad SMARTS) is 1. The third-order valence-corrected chi connectivity index (χ3v) is 3.10. The van der Waals surface area contributed by atoms with E-state index in [1.807, 2.05) is 42.5 Å². The Balaban J connectivity index is 2.49. The number of pyridine rings is 1. The zero-order valence-electron chi connectivity index (χ0n) is 9.84. The molecule has 0 aliphatic heterocycles. The zero-order chi connectivity index (χ0) is 12.7. The molecule has 0 aliphatic carbocycles. The van der Waals surface area contributed by atoms with Crippen LogP contribution in [-0.4, -0.2) is 16.1 Å². The standard InChI is InChI=1S/C15H11NO2/c1-9-8-11-7-6-10-4-2-3-5-12(10)14(11)16-13(9)15(17)18/h2-8H,1H3,(H,17,18). The molecule has 0 aliphatic rings. The normalized spacial score (nSPS) is 10.9. The molecule has 0 unspecified atom stereocenters. The van der Waals surface area contributed by atoms with Crippen molar-refractivity contribution in [2.75, 3.05) is 0 Å². The summed E-state index contributed by atoms with van der Waals surface area (Å²) in [5, 5.41) is 12.2. The molecule has 1 heterocycles. The molecule has 1 N–H and O–H groups in total. The maximum atomic E-state index is 11.1. The minimum absolute atomic E-state index is 0.124. The lowest BCUT2D eigenvalue weighted by Crippen LogP contribution is -2.03. The molecule has 0 atom stereocenters. The van der Waals surface area contributed by atoms with Gasteiger partial charge in [-0.25, -0.2) is 9.78 Å². The smallest absolute Gasteiger partial charge is 0.354 e. The predicted molar refractivity (Wildman–Crippen MR) is 70.9 cm³/mol. The summed E-state index contributed by atoms with van der Waals surface area (Å²) in [5.74, 6) is -0.984. The summed E-state index contributed by atoms with van der Waals surface area (Å²) in [7, 11) is 0. The molecule has 1 aromatic heterocycles. The molecule has 0 saturated carbocycles. The number of benzene rings is 2. The van der Waals surface area contributed by atoms with Gasteiger partial charge in [0.1, 0.15) is 0 Å². The van der Waals surface area contributed by atoms with Crippen molar-refractivity contribution in [1.29, 1.82) is 0 Å². The average Bonchev–Trinajstić information content (AvgIpc) is 2.37. The topological polar surface area (TPSA) is 50.2 Å². The summed E-state index contributed by atoms with van der Waals surface area (Å²) in [6.45, 7) is 1.77. The van der Waals surface area contributed by atoms with Crippen LogP contribution in [0, 0.1) is 6.92 Å². The lowest BCUT2D eigenvalue weighted by Gasteiger charge is -2.06. The lowest BCUT2D eigenvalue weighted by atomic mass is 10.0. The number of fused-ring (bicyclic) bond motifs is 3. The van der Waals surface area contributed by atoms with Gasteiger partial charge in [0.25, 0.3) is 0 Å². The van der Waals surface area contributed by atoms with Crippen LogP contribution in [0.15, 0.2) is 42.5 Å². The highest BCUT2D eigenvalue weighted by molar-refractivity contribution is 6.06. The molecule has 0 spiro atoms. The molecule has 0 fully saturated rings. The second-order valence-corrected chi connectivity index (χ2v) is 4.32. The summed E-state index contributed by atoms with van der Waals surface area (Å²) in [5.41, 5.74) is 1.56. The molecule has 3 nitrogen and oxygen atoms in total. The van der Waals surface area contributed by atoms with E-state index >= 15 is 0 Å². The fourth-order valence-corrected chi connectivity index (χ4v) is 2.23. The van der Waals surface area contributed by atoms with Crippen molar-refractivity contribution in [3.05, 3.63) is 53.7 Å². The van der Waals surface area contributed by atoms with Gasteiger partial charge in [0, 0.05) is 10.8 Å². The van der Waals surface area contributed by atoms with Crippen molar-refractivity contribution in [1.82, 2.24) is 4.98 Å². The van der Waals surface area contributed by atoms with E-state index < -0.39 is 5.97 Å². The molecule has 3 aromatic rings. The SMILES string of the molecule is Cc1cc2ccc3ccccc3c2nc1C(=O)O. The largest absolute Gasteiger partial charge is 0.477 e. The summed E-state index contributed by atoms with van der Waals surface area (Å²) >= 11 is 0. The summed E-state index contributed by atoms with van der Waals surface area (Å²) in [4.78, 5) is 15.4. The van der Waals surface area contributed by atoms with E-state index in [1.54, 1.807) is 6.92 Å². The van der Waals surface area contributed by atoms with Gasteiger partial charge in [0.2, 0.25) is 0 Å². The zero-order valence-corrected chi connectivity index (χ0v) is 9.84. The minimum Gasteiger partial charge on any atom is -0.477 e. The molecule has 3 rings (SSSR count). The monoisotopic (exact) mass is 237 g/mol. The van der Waals surface area contributed by atoms with Crippen molar-refractivity contribution < 1.29 is 9.90 Å². The molecule has 3 heteroatoms. The second-order valence-electron chi connectivity index (χ2n) is 4.32. The first-order chi connectivity index (χ1) is 8.66. The van der Waals surface area contributed by atoms with Crippen molar-refractivity contribution in [2.45, 2.75) is 6.92 Å². The number of rotatable bonds is 1. The number of aryl methyl sites for hydroxylation is 1. The molecule has 0 amide bonds. The van der Waals surface area contributed by atoms with Crippen molar-refractivity contribution in [3.8, 4) is 0 Å². The third-order valence-electron chi connectivity index (χ3n) is 3.10. The van der Waals surface area contributed by atoms with Gasteiger partial charge in [-0.1, -0.05) is 36.4 Å². The Morgan fingerprint density at radius 3 is 2.61 bits per heavy atom. The van der Waals surface area contributed by atoms with Crippen LogP contribution in [0.25, 0.3) is 21.7 Å². The van der Waals surface area contributed by atoms with Gasteiger partial charge < -0.3 is 5.11 Å². The molecular formula is C15H11NO2. The van der Waals surface area contributed by atoms with Gasteiger partial charge in [-0.3, -0.25) is 0 Å². The van der Waals surface area contributed by atoms with E-state index in [4.69, 9.17) is 5.11 Å². The fraction of sp³-hybridized carbons (Fsp3) is 0.0667. The first-order valence-electron chi connectivity index (χ1n) is 5.69. The maximum Gasteiger partial charge on any atom is 0.354 e. The van der Waals surface area contributed by atoms with Crippen LogP contribution in [0.2, 0.25) is 0 Å². The van der Waals surface area contributed by atoms with Crippen LogP contribution in [0.3, 0.4) is 0 Å². The number of carbonyl (C=O) groups is 1. The van der Waals surface area contributed by atoms with Crippen LogP contribution >= 0.6 is 0 Å². The Morgan fingerprint density at radius 1 is 1.11 bits per heavy atom. The molecule has 18 heavy (non-hydrogen) atoms. The first kappa shape index (κ1) is 10.7. The van der Waals surface area contributed by atoms with Crippen molar-refractivity contribution in [3.63, 3.8) is 0 Å². The Hall–Kier alpha value is -2.42. The Morgan fingerprint density at radius 2 is 1.83 bits per heavy atom. The Labute approximate surface area is 104 Å². The van der Waals surface area contributed by atoms with Crippen LogP contribution in [-0.2, 0) is 0 Å². The van der Waals surface area contributed by atoms with Crippen LogP contribution < -0.4 is 0 Å². The van der Waals surface area contributed by atoms with Gasteiger partial charge in [-0.05, 0) is 23.9 Å². The number of aromatic nitrogens is 1. The highest BCUT2D eigenvalue weighted by Gasteiger charge is 2.11. The van der Waals surface area contributed by atoms with Gasteiger partial charge in [0.15, 0.2) is 5.69 Å². The van der Waals surface area contributed by atoms with E-state index in [0.29, 0.717) is 5.56 Å². The second kappa shape index (κ2) is 3.81. The highest BCUT2D eigenvalue weighted by Crippen LogP contribution is 2.25. The van der Waals surface area contributed by atoms with E-state index in [1.165, 1.54) is 0 Å². The van der Waals surface area contributed by atoms with Gasteiger partial charge in [-0.15, -0.1) is 0 Å². The van der Waals surface area contributed by atoms with E-state index in [-0.39, 0.29) is 5.69 Å². The average molecular weight is 237 g/mol. The molecule has 88 valence electrons. The van der Waals surface area contributed by atoms with Crippen LogP contribution in [0.5, 0.6) is 0 Å². The molecule has 0 bridgehead atoms. The minimum atomic E-state index is -0.984. The predicted octanol–water partition coefficient (Wildman–Crippen LogP) is 3.39. The third kappa shape index (κ3) is 1.52. The Bertz CT molecular complexity index is 778. The number of hydrogen-bond acceptors (Lipinski definition) is 2. The van der Waals surface area contributed by atoms with Crippen molar-refractivity contribution in [2.24, 2.45) is 0 Å². The summed E-state index contributed by atoms with van der Waals surface area (Å²) in [6, 6.07) is 13.7. The number of nitrogens with zero attached hydrogens (tertiary/aromatic N) is 1. The summed E-state index contributed by atoms with van der Waals surface area (Å²) in [6.07, 6.45) is 0. The van der Waals surface area contributed by atoms with E-state index in [9.17, 15) is 4.79 Å². The maximum absolute atomic E-state index is 11.1. The van der Waals surface area contributed by atoms with Gasteiger partial charge >= 0.3 is 5.97 Å². The van der Waals surface area contributed by atoms with Crippen LogP contribution in [0.1, 0.15) is 16.1 Å². The van der Waals surface area contributed by atoms with E-state index in [2.05, 4.69) is 4.98 Å². The van der Waals surface area contributed by atoms with E-state index in [0.717, 1.165) is 21.7 Å². The number of hydrogen-bond donors (Lipinski definition) is 1. The summed E-state index contributed by atoms with van der Waals surface area (Å²) < 4.78 is 0. The molecule has 2 aromatic carbocycles. The van der Waals surface area contributed by atoms with Gasteiger partial charge in [0.05, 0.1) is 5.52 Å². The number of carboxylic acids is 1. The first-order valence-corrected chi connectivity index (χ1v) is 5.69. The lowest BCUT2D eigenvalue weighted by molar-refractivity contribution is 0.0690.